The Morgan fingerprint density at radius 1 is 1.41 bits per heavy atom. The van der Waals surface area contributed by atoms with Crippen LogP contribution in [0.5, 0.6) is 5.88 Å². The minimum absolute atomic E-state index is 0.0546. The molecule has 3 rings (SSSR count). The van der Waals surface area contributed by atoms with Crippen molar-refractivity contribution >= 4 is 11.9 Å². The molecule has 0 radical (unpaired) electrons. The fourth-order valence-corrected chi connectivity index (χ4v) is 2.49. The van der Waals surface area contributed by atoms with E-state index in [0.717, 1.165) is 12.8 Å². The van der Waals surface area contributed by atoms with Crippen LogP contribution in [-0.4, -0.2) is 47.0 Å². The molecule has 1 aliphatic rings. The third-order valence-electron chi connectivity index (χ3n) is 3.69. The van der Waals surface area contributed by atoms with Crippen molar-refractivity contribution in [3.63, 3.8) is 0 Å². The first-order valence-corrected chi connectivity index (χ1v) is 7.22. The van der Waals surface area contributed by atoms with Gasteiger partial charge in [-0.2, -0.15) is 4.98 Å². The molecule has 0 spiro atoms. The van der Waals surface area contributed by atoms with E-state index in [1.165, 1.54) is 6.26 Å². The van der Waals surface area contributed by atoms with Crippen molar-refractivity contribution in [3.05, 3.63) is 36.4 Å². The average Bonchev–Trinajstić information content (AvgIpc) is 3.09. The Kier molecular flexibility index (Phi) is 4.22. The number of hydrogen-bond acceptors (Lipinski definition) is 6. The van der Waals surface area contributed by atoms with E-state index in [2.05, 4.69) is 15.3 Å². The number of piperidine rings is 1. The number of carbonyl (C=O) groups is 1. The molecule has 7 nitrogen and oxygen atoms in total. The van der Waals surface area contributed by atoms with Gasteiger partial charge in [0.1, 0.15) is 0 Å². The molecule has 0 aliphatic carbocycles. The van der Waals surface area contributed by atoms with Crippen LogP contribution in [0.4, 0.5) is 5.95 Å². The first-order chi connectivity index (χ1) is 10.8. The van der Waals surface area contributed by atoms with Crippen molar-refractivity contribution in [1.29, 1.82) is 0 Å². The monoisotopic (exact) mass is 302 g/mol. The minimum Gasteiger partial charge on any atom is -0.481 e. The molecule has 0 saturated carbocycles. The number of likely N-dealkylation sites (tertiary alicyclic amines) is 1. The summed E-state index contributed by atoms with van der Waals surface area (Å²) in [5.74, 6) is 1.42. The number of hydrogen-bond donors (Lipinski definition) is 1. The summed E-state index contributed by atoms with van der Waals surface area (Å²) < 4.78 is 10.2. The van der Waals surface area contributed by atoms with Crippen LogP contribution in [0.15, 0.2) is 35.1 Å². The molecule has 1 amide bonds. The minimum atomic E-state index is -0.0546. The second-order valence-electron chi connectivity index (χ2n) is 5.11. The molecule has 1 aliphatic heterocycles. The van der Waals surface area contributed by atoms with Crippen LogP contribution < -0.4 is 10.1 Å². The van der Waals surface area contributed by atoms with Crippen molar-refractivity contribution < 1.29 is 13.9 Å². The Balaban J connectivity index is 1.54. The van der Waals surface area contributed by atoms with Crippen LogP contribution in [0.3, 0.4) is 0 Å². The predicted octanol–water partition coefficient (Wildman–Crippen LogP) is 1.79. The highest BCUT2D eigenvalue weighted by atomic mass is 16.5. The molecular weight excluding hydrogens is 284 g/mol. The summed E-state index contributed by atoms with van der Waals surface area (Å²) in [6.45, 7) is 1.36. The molecule has 2 aromatic rings. The first-order valence-electron chi connectivity index (χ1n) is 7.22. The maximum atomic E-state index is 12.2. The zero-order valence-corrected chi connectivity index (χ0v) is 12.4. The summed E-state index contributed by atoms with van der Waals surface area (Å²) in [7, 11) is 1.57. The van der Waals surface area contributed by atoms with Crippen LogP contribution in [0.1, 0.15) is 23.4 Å². The van der Waals surface area contributed by atoms with Gasteiger partial charge in [0.25, 0.3) is 5.91 Å². The molecule has 1 fully saturated rings. The Morgan fingerprint density at radius 2 is 2.23 bits per heavy atom. The Bertz CT molecular complexity index is 621. The largest absolute Gasteiger partial charge is 0.481 e. The topological polar surface area (TPSA) is 80.5 Å². The van der Waals surface area contributed by atoms with E-state index in [4.69, 9.17) is 9.15 Å². The van der Waals surface area contributed by atoms with Gasteiger partial charge in [-0.3, -0.25) is 4.79 Å². The van der Waals surface area contributed by atoms with Crippen LogP contribution in [-0.2, 0) is 0 Å². The Hall–Kier alpha value is -2.57. The second-order valence-corrected chi connectivity index (χ2v) is 5.11. The fourth-order valence-electron chi connectivity index (χ4n) is 2.49. The van der Waals surface area contributed by atoms with E-state index in [-0.39, 0.29) is 11.9 Å². The summed E-state index contributed by atoms with van der Waals surface area (Å²) in [6.07, 6.45) is 4.85. The van der Waals surface area contributed by atoms with Crippen molar-refractivity contribution in [3.8, 4) is 5.88 Å². The van der Waals surface area contributed by atoms with Crippen LogP contribution in [0, 0.1) is 0 Å². The molecule has 3 heterocycles. The van der Waals surface area contributed by atoms with Gasteiger partial charge >= 0.3 is 0 Å². The number of methoxy groups -OCH3 is 1. The zero-order chi connectivity index (χ0) is 15.4. The van der Waals surface area contributed by atoms with Gasteiger partial charge in [0.15, 0.2) is 5.76 Å². The number of nitrogens with one attached hydrogen (secondary N) is 1. The molecule has 0 atom stereocenters. The first kappa shape index (κ1) is 14.4. The predicted molar refractivity (Wildman–Crippen MR) is 79.8 cm³/mol. The molecule has 1 N–H and O–H groups in total. The average molecular weight is 302 g/mol. The summed E-state index contributed by atoms with van der Waals surface area (Å²) in [4.78, 5) is 22.4. The lowest BCUT2D eigenvalue weighted by Crippen LogP contribution is -2.42. The number of ether oxygens (including phenoxy) is 1. The van der Waals surface area contributed by atoms with E-state index in [9.17, 15) is 4.79 Å². The highest BCUT2D eigenvalue weighted by Gasteiger charge is 2.25. The van der Waals surface area contributed by atoms with Gasteiger partial charge in [0, 0.05) is 31.4 Å². The van der Waals surface area contributed by atoms with Crippen molar-refractivity contribution in [2.24, 2.45) is 0 Å². The molecule has 0 aromatic carbocycles. The maximum absolute atomic E-state index is 12.2. The van der Waals surface area contributed by atoms with Gasteiger partial charge in [-0.1, -0.05) is 0 Å². The maximum Gasteiger partial charge on any atom is 0.289 e. The van der Waals surface area contributed by atoms with Gasteiger partial charge in [0.2, 0.25) is 11.8 Å². The lowest BCUT2D eigenvalue weighted by Gasteiger charge is -2.31. The third-order valence-corrected chi connectivity index (χ3v) is 3.69. The lowest BCUT2D eigenvalue weighted by molar-refractivity contribution is 0.0686. The number of amides is 1. The Labute approximate surface area is 128 Å². The SMILES string of the molecule is COc1ccnc(NC2CCN(C(=O)c3ccco3)CC2)n1. The van der Waals surface area contributed by atoms with Gasteiger partial charge in [0.05, 0.1) is 13.4 Å². The summed E-state index contributed by atoms with van der Waals surface area (Å²) in [5, 5.41) is 3.29. The number of rotatable bonds is 4. The number of aromatic nitrogens is 2. The van der Waals surface area contributed by atoms with Crippen molar-refractivity contribution in [1.82, 2.24) is 14.9 Å². The quantitative estimate of drug-likeness (QED) is 0.927. The number of furan rings is 1. The Morgan fingerprint density at radius 3 is 2.91 bits per heavy atom. The molecule has 116 valence electrons. The molecule has 0 bridgehead atoms. The van der Waals surface area contributed by atoms with Gasteiger partial charge in [-0.25, -0.2) is 4.98 Å². The van der Waals surface area contributed by atoms with E-state index >= 15 is 0 Å². The highest BCUT2D eigenvalue weighted by molar-refractivity contribution is 5.91. The smallest absolute Gasteiger partial charge is 0.289 e. The van der Waals surface area contributed by atoms with Gasteiger partial charge in [-0.15, -0.1) is 0 Å². The molecule has 0 unspecified atom stereocenters. The zero-order valence-electron chi connectivity index (χ0n) is 12.4. The summed E-state index contributed by atoms with van der Waals surface area (Å²) >= 11 is 0. The number of carbonyl (C=O) groups excluding carboxylic acids is 1. The van der Waals surface area contributed by atoms with E-state index in [1.54, 1.807) is 31.5 Å². The fraction of sp³-hybridized carbons (Fsp3) is 0.400. The molecule has 2 aromatic heterocycles. The van der Waals surface area contributed by atoms with Crippen molar-refractivity contribution in [2.75, 3.05) is 25.5 Å². The molecule has 1 saturated heterocycles. The van der Waals surface area contributed by atoms with Crippen LogP contribution in [0.25, 0.3) is 0 Å². The summed E-state index contributed by atoms with van der Waals surface area (Å²) in [6, 6.07) is 5.36. The molecule has 7 heteroatoms. The van der Waals surface area contributed by atoms with Crippen LogP contribution in [0.2, 0.25) is 0 Å². The lowest BCUT2D eigenvalue weighted by atomic mass is 10.1. The highest BCUT2D eigenvalue weighted by Crippen LogP contribution is 2.17. The third kappa shape index (κ3) is 3.19. The van der Waals surface area contributed by atoms with Crippen molar-refractivity contribution in [2.45, 2.75) is 18.9 Å². The second kappa shape index (κ2) is 6.46. The molecule has 22 heavy (non-hydrogen) atoms. The van der Waals surface area contributed by atoms with Crippen LogP contribution >= 0.6 is 0 Å². The van der Waals surface area contributed by atoms with Gasteiger partial charge in [-0.05, 0) is 25.0 Å². The van der Waals surface area contributed by atoms with E-state index < -0.39 is 0 Å². The standard InChI is InChI=1S/C15H18N4O3/c1-21-13-4-7-16-15(18-13)17-11-5-8-19(9-6-11)14(20)12-3-2-10-22-12/h2-4,7,10-11H,5-6,8-9H2,1H3,(H,16,17,18). The number of nitrogens with zero attached hydrogens (tertiary/aromatic N) is 3. The molecular formula is C15H18N4O3. The van der Waals surface area contributed by atoms with E-state index in [0.29, 0.717) is 30.7 Å². The normalized spacial score (nSPS) is 15.6. The number of anilines is 1. The summed E-state index contributed by atoms with van der Waals surface area (Å²) in [5.41, 5.74) is 0. The van der Waals surface area contributed by atoms with Gasteiger partial charge < -0.3 is 19.4 Å². The van der Waals surface area contributed by atoms with E-state index in [1.807, 2.05) is 4.90 Å².